The number of halogens is 2. The van der Waals surface area contributed by atoms with E-state index in [-0.39, 0.29) is 40.7 Å². The van der Waals surface area contributed by atoms with Crippen LogP contribution in [0, 0.1) is 11.7 Å². The fourth-order valence-electron chi connectivity index (χ4n) is 5.68. The van der Waals surface area contributed by atoms with Crippen LogP contribution in [-0.2, 0) is 25.7 Å². The van der Waals surface area contributed by atoms with Crippen molar-refractivity contribution < 1.29 is 28.3 Å². The molecule has 38 heavy (non-hydrogen) atoms. The number of primary amides is 1. The van der Waals surface area contributed by atoms with Crippen LogP contribution in [0.25, 0.3) is 10.9 Å². The summed E-state index contributed by atoms with van der Waals surface area (Å²) in [6, 6.07) is 8.56. The van der Waals surface area contributed by atoms with Gasteiger partial charge in [0.15, 0.2) is 11.7 Å². The molecule has 1 aromatic heterocycles. The third-order valence-electron chi connectivity index (χ3n) is 7.33. The summed E-state index contributed by atoms with van der Waals surface area (Å²) in [6.45, 7) is -0.218. The molecule has 4 atom stereocenters. The van der Waals surface area contributed by atoms with Crippen molar-refractivity contribution in [2.24, 2.45) is 11.7 Å². The molecule has 1 aliphatic heterocycles. The number of amides is 3. The van der Waals surface area contributed by atoms with Gasteiger partial charge in [-0.1, -0.05) is 41.9 Å². The summed E-state index contributed by atoms with van der Waals surface area (Å²) >= 11 is 5.90. The summed E-state index contributed by atoms with van der Waals surface area (Å²) in [4.78, 5) is 53.1. The summed E-state index contributed by atoms with van der Waals surface area (Å²) in [7, 11) is 1.13. The molecule has 2 fully saturated rings. The van der Waals surface area contributed by atoms with Crippen molar-refractivity contribution in [3.63, 3.8) is 0 Å². The predicted octanol–water partition coefficient (Wildman–Crippen LogP) is 2.34. The van der Waals surface area contributed by atoms with Gasteiger partial charge in [-0.3, -0.25) is 19.1 Å². The number of nitrogens with one attached hydrogen (secondary N) is 1. The Hall–Kier alpha value is -3.99. The largest absolute Gasteiger partial charge is 0.467 e. The lowest BCUT2D eigenvalue weighted by molar-refractivity contribution is -0.148. The van der Waals surface area contributed by atoms with Gasteiger partial charge in [-0.05, 0) is 37.3 Å². The molecular weight excluding hydrogens is 517 g/mol. The van der Waals surface area contributed by atoms with Gasteiger partial charge in [0.05, 0.1) is 17.6 Å². The standard InChI is InChI=1S/C26H25ClFN5O5/c1-38-26(37)22(16-6-4-7-17(27)20(16)28)30-25(36)23-13-9-10-14(11-13)33(23)19(34)12-32-18-8-3-2-5-15(18)21(31-32)24(29)35/h2-8,13-14,22-23H,9-12H2,1H3,(H2,29,35)(H,30,36)/t13-,14+,22?,23-/m0/s1. The van der Waals surface area contributed by atoms with E-state index >= 15 is 0 Å². The summed E-state index contributed by atoms with van der Waals surface area (Å²) in [5, 5.41) is 7.16. The number of likely N-dealkylation sites (tertiary alicyclic amines) is 1. The predicted molar refractivity (Wildman–Crippen MR) is 134 cm³/mol. The number of carbonyl (C=O) groups is 4. The van der Waals surface area contributed by atoms with E-state index in [1.54, 1.807) is 24.3 Å². The number of hydrogen-bond acceptors (Lipinski definition) is 6. The van der Waals surface area contributed by atoms with Crippen molar-refractivity contribution >= 4 is 46.2 Å². The zero-order chi connectivity index (χ0) is 27.1. The smallest absolute Gasteiger partial charge is 0.333 e. The number of nitrogens with zero attached hydrogens (tertiary/aromatic N) is 3. The molecule has 0 spiro atoms. The van der Waals surface area contributed by atoms with Crippen LogP contribution in [0.2, 0.25) is 5.02 Å². The maximum atomic E-state index is 14.8. The highest BCUT2D eigenvalue weighted by Crippen LogP contribution is 2.43. The molecule has 5 rings (SSSR count). The molecule has 3 amide bonds. The van der Waals surface area contributed by atoms with Crippen molar-refractivity contribution in [1.82, 2.24) is 20.0 Å². The number of para-hydroxylation sites is 1. The number of carbonyl (C=O) groups excluding carboxylic acids is 4. The lowest BCUT2D eigenvalue weighted by atomic mass is 9.96. The monoisotopic (exact) mass is 541 g/mol. The van der Waals surface area contributed by atoms with Gasteiger partial charge in [-0.15, -0.1) is 0 Å². The fraction of sp³-hybridized carbons (Fsp3) is 0.346. The normalized spacial score (nSPS) is 20.9. The highest BCUT2D eigenvalue weighted by atomic mass is 35.5. The van der Waals surface area contributed by atoms with Gasteiger partial charge in [0.2, 0.25) is 11.8 Å². The van der Waals surface area contributed by atoms with E-state index in [9.17, 15) is 23.6 Å². The summed E-state index contributed by atoms with van der Waals surface area (Å²) in [5.41, 5.74) is 5.94. The average molecular weight is 542 g/mol. The van der Waals surface area contributed by atoms with Gasteiger partial charge < -0.3 is 20.7 Å². The number of methoxy groups -OCH3 is 1. The number of fused-ring (bicyclic) bond motifs is 3. The molecule has 3 aromatic rings. The zero-order valence-electron chi connectivity index (χ0n) is 20.4. The van der Waals surface area contributed by atoms with Crippen molar-refractivity contribution in [3.05, 3.63) is 64.6 Å². The maximum absolute atomic E-state index is 14.8. The van der Waals surface area contributed by atoms with Gasteiger partial charge in [0.25, 0.3) is 5.91 Å². The first-order chi connectivity index (χ1) is 18.2. The van der Waals surface area contributed by atoms with Gasteiger partial charge in [-0.25, -0.2) is 9.18 Å². The highest BCUT2D eigenvalue weighted by Gasteiger charge is 2.51. The van der Waals surface area contributed by atoms with E-state index in [0.717, 1.165) is 20.0 Å². The van der Waals surface area contributed by atoms with Crippen LogP contribution in [0.3, 0.4) is 0 Å². The second-order valence-electron chi connectivity index (χ2n) is 9.47. The Labute approximate surface area is 221 Å². The van der Waals surface area contributed by atoms with E-state index in [2.05, 4.69) is 10.4 Å². The van der Waals surface area contributed by atoms with Crippen LogP contribution in [0.15, 0.2) is 42.5 Å². The molecule has 2 heterocycles. The highest BCUT2D eigenvalue weighted by molar-refractivity contribution is 6.30. The number of hydrogen-bond donors (Lipinski definition) is 2. The third-order valence-corrected chi connectivity index (χ3v) is 7.63. The van der Waals surface area contributed by atoms with Gasteiger partial charge >= 0.3 is 5.97 Å². The Balaban J connectivity index is 1.42. The summed E-state index contributed by atoms with van der Waals surface area (Å²) in [6.07, 6.45) is 2.10. The fourth-order valence-corrected chi connectivity index (χ4v) is 5.86. The minimum absolute atomic E-state index is 0.0510. The molecule has 2 aliphatic rings. The molecule has 1 saturated heterocycles. The maximum Gasteiger partial charge on any atom is 0.333 e. The van der Waals surface area contributed by atoms with Crippen molar-refractivity contribution in [3.8, 4) is 0 Å². The number of esters is 1. The van der Waals surface area contributed by atoms with E-state index in [1.807, 2.05) is 0 Å². The second kappa shape index (κ2) is 10.1. The molecule has 10 nitrogen and oxygen atoms in total. The topological polar surface area (TPSA) is 137 Å². The number of ether oxygens (including phenoxy) is 1. The van der Waals surface area contributed by atoms with Gasteiger partial charge in [0.1, 0.15) is 18.4 Å². The Kier molecular flexibility index (Phi) is 6.78. The summed E-state index contributed by atoms with van der Waals surface area (Å²) < 4.78 is 21.0. The number of aromatic nitrogens is 2. The molecule has 1 aliphatic carbocycles. The van der Waals surface area contributed by atoms with Crippen molar-refractivity contribution in [2.75, 3.05) is 7.11 Å². The Bertz CT molecular complexity index is 1460. The molecule has 3 N–H and O–H groups in total. The lowest BCUT2D eigenvalue weighted by Gasteiger charge is -2.35. The number of nitrogens with two attached hydrogens (primary N) is 1. The molecule has 2 aromatic carbocycles. The Morgan fingerprint density at radius 2 is 1.95 bits per heavy atom. The summed E-state index contributed by atoms with van der Waals surface area (Å²) in [5.74, 6) is -3.52. The Morgan fingerprint density at radius 3 is 2.68 bits per heavy atom. The van der Waals surface area contributed by atoms with Crippen LogP contribution in [-0.4, -0.2) is 57.6 Å². The SMILES string of the molecule is COC(=O)C(NC(=O)[C@@H]1[C@H]2CC[C@H](C2)N1C(=O)Cn1nc(C(N)=O)c2ccccc21)c1cccc(Cl)c1F. The molecule has 1 saturated carbocycles. The number of rotatable bonds is 7. The van der Waals surface area contributed by atoms with Crippen LogP contribution in [0.5, 0.6) is 0 Å². The minimum Gasteiger partial charge on any atom is -0.467 e. The van der Waals surface area contributed by atoms with Crippen LogP contribution < -0.4 is 11.1 Å². The molecule has 198 valence electrons. The van der Waals surface area contributed by atoms with Gasteiger partial charge in [-0.2, -0.15) is 5.10 Å². The van der Waals surface area contributed by atoms with E-state index < -0.39 is 35.7 Å². The molecule has 0 radical (unpaired) electrons. The Morgan fingerprint density at radius 1 is 1.18 bits per heavy atom. The first kappa shape index (κ1) is 25.7. The average Bonchev–Trinajstić information content (AvgIpc) is 3.62. The minimum atomic E-state index is -1.45. The van der Waals surface area contributed by atoms with E-state index in [4.69, 9.17) is 22.1 Å². The molecule has 2 bridgehead atoms. The van der Waals surface area contributed by atoms with Crippen LogP contribution in [0.4, 0.5) is 4.39 Å². The van der Waals surface area contributed by atoms with E-state index in [1.165, 1.54) is 27.8 Å². The first-order valence-electron chi connectivity index (χ1n) is 12.1. The lowest BCUT2D eigenvalue weighted by Crippen LogP contribution is -2.54. The van der Waals surface area contributed by atoms with Crippen molar-refractivity contribution in [2.45, 2.75) is 43.9 Å². The van der Waals surface area contributed by atoms with Gasteiger partial charge in [0, 0.05) is 17.0 Å². The quantitative estimate of drug-likeness (QED) is 0.441. The van der Waals surface area contributed by atoms with E-state index in [0.29, 0.717) is 17.3 Å². The van der Waals surface area contributed by atoms with Crippen molar-refractivity contribution in [1.29, 1.82) is 0 Å². The molecule has 1 unspecified atom stereocenters. The number of benzene rings is 2. The number of piperidine rings is 1. The molecule has 12 heteroatoms. The van der Waals surface area contributed by atoms with Crippen LogP contribution >= 0.6 is 11.6 Å². The van der Waals surface area contributed by atoms with Crippen LogP contribution in [0.1, 0.15) is 41.4 Å². The zero-order valence-corrected chi connectivity index (χ0v) is 21.2. The second-order valence-corrected chi connectivity index (χ2v) is 9.88. The molecular formula is C26H25ClFN5O5. The third kappa shape index (κ3) is 4.36. The first-order valence-corrected chi connectivity index (χ1v) is 12.5.